The Hall–Kier alpha value is -2.25. The molecule has 2 amide bonds. The van der Waals surface area contributed by atoms with Crippen LogP contribution in [-0.2, 0) is 4.79 Å². The van der Waals surface area contributed by atoms with E-state index in [1.165, 1.54) is 11.3 Å². The molecule has 6 nitrogen and oxygen atoms in total. The molecule has 2 rings (SSSR count). The summed E-state index contributed by atoms with van der Waals surface area (Å²) in [5, 5.41) is 6.14. The average molecular weight is 346 g/mol. The smallest absolute Gasteiger partial charge is 0.259 e. The lowest BCUT2D eigenvalue weighted by Crippen LogP contribution is -2.18. The summed E-state index contributed by atoms with van der Waals surface area (Å²) in [6.07, 6.45) is 1.92. The van der Waals surface area contributed by atoms with E-state index in [9.17, 15) is 9.59 Å². The van der Waals surface area contributed by atoms with E-state index in [1.54, 1.807) is 24.3 Å². The number of thiazole rings is 1. The monoisotopic (exact) mass is 346 g/mol. The van der Waals surface area contributed by atoms with E-state index in [-0.39, 0.29) is 11.8 Å². The van der Waals surface area contributed by atoms with Gasteiger partial charge in [0.15, 0.2) is 5.13 Å². The van der Waals surface area contributed by atoms with Crippen molar-refractivity contribution < 1.29 is 9.59 Å². The average Bonchev–Trinajstić information content (AvgIpc) is 2.85. The standard InChI is InChI=1S/C17H22N4O2S/c1-11-12(2)24-17(19-11)21-16(23)13-7-3-4-8-14(13)20-15(22)9-5-6-10-18/h3-4,7-8H,5-6,9-10,18H2,1-2H3,(H,20,22)(H,19,21,23). The van der Waals surface area contributed by atoms with Crippen LogP contribution in [0.5, 0.6) is 0 Å². The van der Waals surface area contributed by atoms with Gasteiger partial charge in [0.05, 0.1) is 16.9 Å². The quantitative estimate of drug-likeness (QED) is 0.671. The van der Waals surface area contributed by atoms with Crippen LogP contribution in [0.15, 0.2) is 24.3 Å². The molecule has 1 heterocycles. The number of para-hydroxylation sites is 1. The van der Waals surface area contributed by atoms with Gasteiger partial charge in [-0.1, -0.05) is 12.1 Å². The Bertz CT molecular complexity index is 708. The van der Waals surface area contributed by atoms with Crippen molar-refractivity contribution in [2.45, 2.75) is 33.1 Å². The molecule has 0 saturated carbocycles. The maximum atomic E-state index is 12.5. The number of carbonyl (C=O) groups excluding carboxylic acids is 2. The molecule has 0 atom stereocenters. The first-order chi connectivity index (χ1) is 11.5. The predicted octanol–water partition coefficient (Wildman–Crippen LogP) is 3.08. The van der Waals surface area contributed by atoms with E-state index >= 15 is 0 Å². The molecule has 1 aromatic heterocycles. The second-order valence-electron chi connectivity index (χ2n) is 5.45. The zero-order valence-corrected chi connectivity index (χ0v) is 14.7. The molecule has 2 aromatic rings. The number of nitrogens with zero attached hydrogens (tertiary/aromatic N) is 1. The minimum Gasteiger partial charge on any atom is -0.330 e. The summed E-state index contributed by atoms with van der Waals surface area (Å²) in [5.41, 5.74) is 7.24. The topological polar surface area (TPSA) is 97.1 Å². The molecule has 24 heavy (non-hydrogen) atoms. The molecule has 0 saturated heterocycles. The molecule has 0 aliphatic heterocycles. The number of hydrogen-bond donors (Lipinski definition) is 3. The van der Waals surface area contributed by atoms with Crippen LogP contribution in [0.1, 0.15) is 40.2 Å². The molecule has 0 bridgehead atoms. The summed E-state index contributed by atoms with van der Waals surface area (Å²) in [6.45, 7) is 4.42. The van der Waals surface area contributed by atoms with Crippen molar-refractivity contribution >= 4 is 34.0 Å². The van der Waals surface area contributed by atoms with E-state index in [4.69, 9.17) is 5.73 Å². The molecule has 0 unspecified atom stereocenters. The molecule has 0 spiro atoms. The maximum Gasteiger partial charge on any atom is 0.259 e. The van der Waals surface area contributed by atoms with Crippen molar-refractivity contribution in [3.8, 4) is 0 Å². The number of hydrogen-bond acceptors (Lipinski definition) is 5. The van der Waals surface area contributed by atoms with Crippen LogP contribution in [0.2, 0.25) is 0 Å². The first-order valence-electron chi connectivity index (χ1n) is 7.85. The van der Waals surface area contributed by atoms with Gasteiger partial charge in [0, 0.05) is 11.3 Å². The molecule has 128 valence electrons. The van der Waals surface area contributed by atoms with E-state index in [2.05, 4.69) is 15.6 Å². The van der Waals surface area contributed by atoms with Gasteiger partial charge in [-0.25, -0.2) is 4.98 Å². The van der Waals surface area contributed by atoms with Crippen LogP contribution in [0.4, 0.5) is 10.8 Å². The Balaban J connectivity index is 2.07. The van der Waals surface area contributed by atoms with E-state index < -0.39 is 0 Å². The van der Waals surface area contributed by atoms with Crippen LogP contribution in [-0.4, -0.2) is 23.3 Å². The minimum atomic E-state index is -0.290. The van der Waals surface area contributed by atoms with Crippen molar-refractivity contribution in [3.63, 3.8) is 0 Å². The number of rotatable bonds is 7. The summed E-state index contributed by atoms with van der Waals surface area (Å²) in [6, 6.07) is 6.94. The molecule has 0 radical (unpaired) electrons. The van der Waals surface area contributed by atoms with Gasteiger partial charge in [0.2, 0.25) is 5.91 Å². The fraction of sp³-hybridized carbons (Fsp3) is 0.353. The highest BCUT2D eigenvalue weighted by Gasteiger charge is 2.15. The van der Waals surface area contributed by atoms with Crippen molar-refractivity contribution in [2.75, 3.05) is 17.2 Å². The lowest BCUT2D eigenvalue weighted by atomic mass is 10.1. The summed E-state index contributed by atoms with van der Waals surface area (Å²) in [4.78, 5) is 29.8. The molecule has 7 heteroatoms. The van der Waals surface area contributed by atoms with Crippen LogP contribution in [0.25, 0.3) is 0 Å². The van der Waals surface area contributed by atoms with E-state index in [0.29, 0.717) is 29.3 Å². The number of unbranched alkanes of at least 4 members (excludes halogenated alkanes) is 1. The summed E-state index contributed by atoms with van der Waals surface area (Å²) < 4.78 is 0. The second-order valence-corrected chi connectivity index (χ2v) is 6.66. The molecule has 0 fully saturated rings. The number of aromatic nitrogens is 1. The maximum absolute atomic E-state index is 12.5. The van der Waals surface area contributed by atoms with Crippen molar-refractivity contribution in [1.29, 1.82) is 0 Å². The highest BCUT2D eigenvalue weighted by atomic mass is 32.1. The first-order valence-corrected chi connectivity index (χ1v) is 8.67. The summed E-state index contributed by atoms with van der Waals surface area (Å²) in [5.74, 6) is -0.411. The molecule has 4 N–H and O–H groups in total. The summed E-state index contributed by atoms with van der Waals surface area (Å²) >= 11 is 1.43. The van der Waals surface area contributed by atoms with Crippen LogP contribution >= 0.6 is 11.3 Å². The third kappa shape index (κ3) is 4.87. The molecular weight excluding hydrogens is 324 g/mol. The van der Waals surface area contributed by atoms with E-state index in [0.717, 1.165) is 23.4 Å². The SMILES string of the molecule is Cc1nc(NC(=O)c2ccccc2NC(=O)CCCCN)sc1C. The fourth-order valence-corrected chi connectivity index (χ4v) is 2.93. The Labute approximate surface area is 145 Å². The Kier molecular flexibility index (Phi) is 6.45. The van der Waals surface area contributed by atoms with Crippen molar-refractivity contribution in [3.05, 3.63) is 40.4 Å². The minimum absolute atomic E-state index is 0.121. The van der Waals surface area contributed by atoms with Gasteiger partial charge in [-0.2, -0.15) is 0 Å². The van der Waals surface area contributed by atoms with Gasteiger partial charge in [0.1, 0.15) is 0 Å². The third-order valence-corrected chi connectivity index (χ3v) is 4.54. The normalized spacial score (nSPS) is 10.5. The van der Waals surface area contributed by atoms with Gasteiger partial charge in [-0.15, -0.1) is 11.3 Å². The van der Waals surface area contributed by atoms with Crippen LogP contribution in [0.3, 0.4) is 0 Å². The van der Waals surface area contributed by atoms with Crippen molar-refractivity contribution in [1.82, 2.24) is 4.98 Å². The van der Waals surface area contributed by atoms with Gasteiger partial charge in [-0.05, 0) is 45.4 Å². The predicted molar refractivity (Wildman–Crippen MR) is 97.5 cm³/mol. The first kappa shape index (κ1) is 18.1. The Morgan fingerprint density at radius 3 is 2.58 bits per heavy atom. The third-order valence-electron chi connectivity index (χ3n) is 3.55. The number of nitrogens with two attached hydrogens (primary N) is 1. The van der Waals surface area contributed by atoms with Crippen LogP contribution in [0, 0.1) is 13.8 Å². The van der Waals surface area contributed by atoms with Gasteiger partial charge < -0.3 is 11.1 Å². The highest BCUT2D eigenvalue weighted by molar-refractivity contribution is 7.15. The molecule has 0 aliphatic rings. The lowest BCUT2D eigenvalue weighted by Gasteiger charge is -2.10. The molecule has 1 aromatic carbocycles. The van der Waals surface area contributed by atoms with Gasteiger partial charge in [-0.3, -0.25) is 14.9 Å². The lowest BCUT2D eigenvalue weighted by molar-refractivity contribution is -0.116. The zero-order chi connectivity index (χ0) is 17.5. The Morgan fingerprint density at radius 1 is 1.17 bits per heavy atom. The number of benzene rings is 1. The number of aryl methyl sites for hydroxylation is 2. The number of carbonyl (C=O) groups is 2. The Morgan fingerprint density at radius 2 is 1.92 bits per heavy atom. The van der Waals surface area contributed by atoms with E-state index in [1.807, 2.05) is 13.8 Å². The van der Waals surface area contributed by atoms with Gasteiger partial charge in [0.25, 0.3) is 5.91 Å². The number of amides is 2. The van der Waals surface area contributed by atoms with Crippen LogP contribution < -0.4 is 16.4 Å². The number of nitrogens with one attached hydrogen (secondary N) is 2. The van der Waals surface area contributed by atoms with Crippen molar-refractivity contribution in [2.24, 2.45) is 5.73 Å². The fourth-order valence-electron chi connectivity index (χ4n) is 2.12. The molecule has 0 aliphatic carbocycles. The van der Waals surface area contributed by atoms with Gasteiger partial charge >= 0.3 is 0 Å². The highest BCUT2D eigenvalue weighted by Crippen LogP contribution is 2.23. The largest absolute Gasteiger partial charge is 0.330 e. The number of anilines is 2. The molecular formula is C17H22N4O2S. The second kappa shape index (κ2) is 8.56. The zero-order valence-electron chi connectivity index (χ0n) is 13.9. The summed E-state index contributed by atoms with van der Waals surface area (Å²) in [7, 11) is 0.